The van der Waals surface area contributed by atoms with Crippen LogP contribution in [0.5, 0.6) is 0 Å². The zero-order valence-electron chi connectivity index (χ0n) is 11.6. The lowest BCUT2D eigenvalue weighted by atomic mass is 10.0. The smallest absolute Gasteiger partial charge is 0.234 e. The third-order valence-corrected chi connectivity index (χ3v) is 3.30. The Bertz CT molecular complexity index is 242. The molecule has 0 aliphatic carbocycles. The van der Waals surface area contributed by atoms with E-state index in [2.05, 4.69) is 4.90 Å². The number of hydrogen-bond acceptors (Lipinski definition) is 4. The van der Waals surface area contributed by atoms with Crippen molar-refractivity contribution in [3.63, 3.8) is 0 Å². The van der Waals surface area contributed by atoms with Crippen molar-refractivity contribution in [2.24, 2.45) is 5.73 Å². The summed E-state index contributed by atoms with van der Waals surface area (Å²) >= 11 is 0. The Hall–Kier alpha value is -0.650. The molecule has 1 unspecified atom stereocenters. The van der Waals surface area contributed by atoms with Crippen molar-refractivity contribution in [2.75, 3.05) is 26.3 Å². The number of primary amides is 1. The summed E-state index contributed by atoms with van der Waals surface area (Å²) in [5.74, 6) is -0.209. The van der Waals surface area contributed by atoms with Crippen molar-refractivity contribution in [1.82, 2.24) is 4.90 Å². The second-order valence-electron chi connectivity index (χ2n) is 4.58. The number of ether oxygens (including phenoxy) is 2. The van der Waals surface area contributed by atoms with E-state index in [0.717, 1.165) is 38.8 Å². The van der Waals surface area contributed by atoms with E-state index in [0.29, 0.717) is 13.2 Å². The second kappa shape index (κ2) is 8.45. The first kappa shape index (κ1) is 15.4. The minimum absolute atomic E-state index is 0.109. The highest BCUT2D eigenvalue weighted by molar-refractivity contribution is 5.79. The van der Waals surface area contributed by atoms with Crippen LogP contribution >= 0.6 is 0 Å². The minimum atomic E-state index is -0.209. The molecule has 2 N–H and O–H groups in total. The summed E-state index contributed by atoms with van der Waals surface area (Å²) in [5, 5.41) is 0. The third kappa shape index (κ3) is 4.92. The Labute approximate surface area is 110 Å². The van der Waals surface area contributed by atoms with Gasteiger partial charge in [-0.3, -0.25) is 9.69 Å². The molecule has 5 nitrogen and oxygen atoms in total. The van der Waals surface area contributed by atoms with Gasteiger partial charge in [-0.25, -0.2) is 0 Å². The molecule has 1 aliphatic rings. The van der Waals surface area contributed by atoms with Crippen molar-refractivity contribution < 1.29 is 14.3 Å². The van der Waals surface area contributed by atoms with Crippen LogP contribution in [0.4, 0.5) is 0 Å². The van der Waals surface area contributed by atoms with Crippen LogP contribution < -0.4 is 5.73 Å². The molecule has 0 aromatic heterocycles. The average Bonchev–Trinajstić information content (AvgIpc) is 2.36. The Balaban J connectivity index is 2.40. The van der Waals surface area contributed by atoms with Crippen LogP contribution in [0.3, 0.4) is 0 Å². The van der Waals surface area contributed by atoms with Gasteiger partial charge in [-0.2, -0.15) is 0 Å². The van der Waals surface area contributed by atoms with E-state index in [4.69, 9.17) is 15.2 Å². The van der Waals surface area contributed by atoms with Gasteiger partial charge in [0.1, 0.15) is 0 Å². The molecule has 1 rings (SSSR count). The lowest BCUT2D eigenvalue weighted by Crippen LogP contribution is -2.48. The van der Waals surface area contributed by atoms with Gasteiger partial charge >= 0.3 is 0 Å². The van der Waals surface area contributed by atoms with E-state index in [1.165, 1.54) is 0 Å². The van der Waals surface area contributed by atoms with Crippen molar-refractivity contribution in [2.45, 2.75) is 51.9 Å². The number of carbonyl (C=O) groups excluding carboxylic acids is 1. The van der Waals surface area contributed by atoms with Gasteiger partial charge in [0.05, 0.1) is 6.04 Å². The molecule has 0 spiro atoms. The van der Waals surface area contributed by atoms with Crippen LogP contribution in [0.15, 0.2) is 0 Å². The average molecular weight is 258 g/mol. The Morgan fingerprint density at radius 2 is 2.00 bits per heavy atom. The van der Waals surface area contributed by atoms with Crippen LogP contribution in [0.2, 0.25) is 0 Å². The fraction of sp³-hybridized carbons (Fsp3) is 0.923. The highest BCUT2D eigenvalue weighted by Gasteiger charge is 2.27. The van der Waals surface area contributed by atoms with Crippen molar-refractivity contribution >= 4 is 5.91 Å². The van der Waals surface area contributed by atoms with Crippen molar-refractivity contribution in [3.8, 4) is 0 Å². The summed E-state index contributed by atoms with van der Waals surface area (Å²) in [7, 11) is 0. The molecule has 18 heavy (non-hydrogen) atoms. The quantitative estimate of drug-likeness (QED) is 0.663. The monoisotopic (exact) mass is 258 g/mol. The molecular formula is C13H26N2O3. The molecule has 1 aliphatic heterocycles. The normalized spacial score (nSPS) is 21.4. The summed E-state index contributed by atoms with van der Waals surface area (Å²) in [6.45, 7) is 6.95. The van der Waals surface area contributed by atoms with Crippen molar-refractivity contribution in [1.29, 1.82) is 0 Å². The molecule has 1 saturated heterocycles. The van der Waals surface area contributed by atoms with Crippen LogP contribution in [0, 0.1) is 0 Å². The molecule has 0 aromatic rings. The first-order chi connectivity index (χ1) is 8.69. The van der Waals surface area contributed by atoms with Gasteiger partial charge in [0.25, 0.3) is 0 Å². The van der Waals surface area contributed by atoms with Crippen LogP contribution in [0.1, 0.15) is 39.5 Å². The SMILES string of the molecule is CCOC(CCN1CCCCC1C(N)=O)OCC. The van der Waals surface area contributed by atoms with E-state index in [1.54, 1.807) is 0 Å². The highest BCUT2D eigenvalue weighted by Crippen LogP contribution is 2.17. The maximum absolute atomic E-state index is 11.4. The molecule has 0 saturated carbocycles. The molecule has 0 bridgehead atoms. The van der Waals surface area contributed by atoms with Gasteiger partial charge in [-0.1, -0.05) is 6.42 Å². The van der Waals surface area contributed by atoms with Gasteiger partial charge in [-0.15, -0.1) is 0 Å². The molecule has 106 valence electrons. The summed E-state index contributed by atoms with van der Waals surface area (Å²) in [6.07, 6.45) is 3.71. The zero-order valence-corrected chi connectivity index (χ0v) is 11.6. The van der Waals surface area contributed by atoms with Crippen LogP contribution in [0.25, 0.3) is 0 Å². The summed E-state index contributed by atoms with van der Waals surface area (Å²) in [5.41, 5.74) is 5.44. The summed E-state index contributed by atoms with van der Waals surface area (Å²) in [6, 6.07) is -0.109. The molecule has 1 heterocycles. The number of rotatable bonds is 8. The van der Waals surface area contributed by atoms with Gasteiger partial charge in [0, 0.05) is 26.2 Å². The maximum atomic E-state index is 11.4. The van der Waals surface area contributed by atoms with E-state index < -0.39 is 0 Å². The molecule has 5 heteroatoms. The molecule has 1 atom stereocenters. The maximum Gasteiger partial charge on any atom is 0.234 e. The highest BCUT2D eigenvalue weighted by atomic mass is 16.7. The molecule has 1 fully saturated rings. The van der Waals surface area contributed by atoms with Gasteiger partial charge in [0.2, 0.25) is 5.91 Å². The predicted octanol–water partition coefficient (Wildman–Crippen LogP) is 1.12. The lowest BCUT2D eigenvalue weighted by Gasteiger charge is -2.34. The number of hydrogen-bond donors (Lipinski definition) is 1. The lowest BCUT2D eigenvalue weighted by molar-refractivity contribution is -0.144. The number of amides is 1. The number of nitrogens with two attached hydrogens (primary N) is 1. The van der Waals surface area contributed by atoms with Gasteiger partial charge in [-0.05, 0) is 33.2 Å². The van der Waals surface area contributed by atoms with E-state index in [-0.39, 0.29) is 18.2 Å². The topological polar surface area (TPSA) is 64.8 Å². The Kier molecular flexibility index (Phi) is 7.23. The molecule has 1 amide bonds. The number of piperidine rings is 1. The summed E-state index contributed by atoms with van der Waals surface area (Å²) in [4.78, 5) is 13.5. The van der Waals surface area contributed by atoms with Crippen LogP contribution in [-0.2, 0) is 14.3 Å². The molecule has 0 radical (unpaired) electrons. The van der Waals surface area contributed by atoms with Gasteiger partial charge < -0.3 is 15.2 Å². The fourth-order valence-corrected chi connectivity index (χ4v) is 2.44. The molecular weight excluding hydrogens is 232 g/mol. The van der Waals surface area contributed by atoms with E-state index in [1.807, 2.05) is 13.8 Å². The third-order valence-electron chi connectivity index (χ3n) is 3.30. The fourth-order valence-electron chi connectivity index (χ4n) is 2.44. The Morgan fingerprint density at radius 1 is 1.33 bits per heavy atom. The predicted molar refractivity (Wildman–Crippen MR) is 70.1 cm³/mol. The van der Waals surface area contributed by atoms with E-state index >= 15 is 0 Å². The number of carbonyl (C=O) groups is 1. The van der Waals surface area contributed by atoms with Gasteiger partial charge in [0.15, 0.2) is 6.29 Å². The first-order valence-corrected chi connectivity index (χ1v) is 6.95. The first-order valence-electron chi connectivity index (χ1n) is 6.95. The number of nitrogens with zero attached hydrogens (tertiary/aromatic N) is 1. The van der Waals surface area contributed by atoms with E-state index in [9.17, 15) is 4.79 Å². The molecule has 0 aromatic carbocycles. The zero-order chi connectivity index (χ0) is 13.4. The standard InChI is InChI=1S/C13H26N2O3/c1-3-17-12(18-4-2)8-10-15-9-6-5-7-11(15)13(14)16/h11-12H,3-10H2,1-2H3,(H2,14,16). The van der Waals surface area contributed by atoms with Crippen molar-refractivity contribution in [3.05, 3.63) is 0 Å². The second-order valence-corrected chi connectivity index (χ2v) is 4.58. The number of likely N-dealkylation sites (tertiary alicyclic amines) is 1. The minimum Gasteiger partial charge on any atom is -0.368 e. The van der Waals surface area contributed by atoms with Crippen LogP contribution in [-0.4, -0.2) is 49.4 Å². The Morgan fingerprint density at radius 3 is 2.56 bits per heavy atom. The largest absolute Gasteiger partial charge is 0.368 e. The summed E-state index contributed by atoms with van der Waals surface area (Å²) < 4.78 is 11.0.